The number of nitrogens with zero attached hydrogens (tertiary/aromatic N) is 1. The third kappa shape index (κ3) is 19.6. The van der Waals surface area contributed by atoms with E-state index in [0.717, 1.165) is 12.8 Å². The van der Waals surface area contributed by atoms with Gasteiger partial charge in [0.25, 0.3) is 0 Å². The topological polar surface area (TPSA) is 20.3 Å². The number of hydrogen-bond donors (Lipinski definition) is 0. The third-order valence-electron chi connectivity index (χ3n) is 5.24. The number of hydrogen-bond acceptors (Lipinski definition) is 1. The molecule has 0 aromatic carbocycles. The maximum absolute atomic E-state index is 11.4. The Bertz CT molecular complexity index is 275. The molecule has 0 radical (unpaired) electrons. The Morgan fingerprint density at radius 2 is 0.800 bits per heavy atom. The standard InChI is InChI=1S/C23H47NO/c1-4-5-6-7-8-9-10-11-12-13-14-15-16-17-18-19-20-21-22-23(25)24(2)3/h4-22H2,1-3H3. The number of amides is 1. The van der Waals surface area contributed by atoms with Crippen LogP contribution in [0.15, 0.2) is 0 Å². The van der Waals surface area contributed by atoms with Crippen LogP contribution in [-0.2, 0) is 4.79 Å². The van der Waals surface area contributed by atoms with Gasteiger partial charge < -0.3 is 4.90 Å². The van der Waals surface area contributed by atoms with E-state index in [4.69, 9.17) is 0 Å². The van der Waals surface area contributed by atoms with E-state index in [2.05, 4.69) is 6.92 Å². The second kappa shape index (κ2) is 19.8. The van der Waals surface area contributed by atoms with Crippen LogP contribution in [0.5, 0.6) is 0 Å². The molecule has 0 fully saturated rings. The average molecular weight is 354 g/mol. The highest BCUT2D eigenvalue weighted by atomic mass is 16.2. The molecule has 0 bridgehead atoms. The smallest absolute Gasteiger partial charge is 0.222 e. The van der Waals surface area contributed by atoms with Gasteiger partial charge in [0.2, 0.25) is 5.91 Å². The molecule has 150 valence electrons. The maximum atomic E-state index is 11.4. The molecule has 0 N–H and O–H groups in total. The lowest BCUT2D eigenvalue weighted by Gasteiger charge is -2.09. The molecule has 0 unspecified atom stereocenters. The first-order valence-electron chi connectivity index (χ1n) is 11.4. The number of unbranched alkanes of at least 4 members (excludes halogenated alkanes) is 17. The molecule has 0 aliphatic carbocycles. The van der Waals surface area contributed by atoms with Crippen molar-refractivity contribution in [1.82, 2.24) is 4.90 Å². The van der Waals surface area contributed by atoms with E-state index in [-0.39, 0.29) is 5.91 Å². The van der Waals surface area contributed by atoms with E-state index in [1.807, 2.05) is 14.1 Å². The Labute approximate surface area is 159 Å². The molecule has 2 heteroatoms. The minimum absolute atomic E-state index is 0.275. The predicted octanol–water partition coefficient (Wildman–Crippen LogP) is 7.51. The van der Waals surface area contributed by atoms with E-state index < -0.39 is 0 Å². The van der Waals surface area contributed by atoms with Gasteiger partial charge in [-0.3, -0.25) is 4.79 Å². The second-order valence-electron chi connectivity index (χ2n) is 8.05. The molecule has 0 aromatic heterocycles. The summed E-state index contributed by atoms with van der Waals surface area (Å²) in [6.07, 6.45) is 25.8. The number of carbonyl (C=O) groups excluding carboxylic acids is 1. The summed E-state index contributed by atoms with van der Waals surface area (Å²) in [6, 6.07) is 0. The van der Waals surface area contributed by atoms with Crippen molar-refractivity contribution in [2.24, 2.45) is 0 Å². The minimum Gasteiger partial charge on any atom is -0.349 e. The Morgan fingerprint density at radius 3 is 1.08 bits per heavy atom. The van der Waals surface area contributed by atoms with Gasteiger partial charge in [-0.2, -0.15) is 0 Å². The average Bonchev–Trinajstić information content (AvgIpc) is 2.60. The fraction of sp³-hybridized carbons (Fsp3) is 0.957. The van der Waals surface area contributed by atoms with Crippen LogP contribution in [0.2, 0.25) is 0 Å². The molecule has 0 rings (SSSR count). The van der Waals surface area contributed by atoms with Gasteiger partial charge in [-0.05, 0) is 6.42 Å². The van der Waals surface area contributed by atoms with Crippen LogP contribution in [0.3, 0.4) is 0 Å². The molecule has 0 aliphatic rings. The summed E-state index contributed by atoms with van der Waals surface area (Å²) >= 11 is 0. The van der Waals surface area contributed by atoms with E-state index in [1.165, 1.54) is 109 Å². The van der Waals surface area contributed by atoms with E-state index >= 15 is 0 Å². The Balaban J connectivity index is 3.04. The molecule has 0 saturated heterocycles. The lowest BCUT2D eigenvalue weighted by Crippen LogP contribution is -2.20. The monoisotopic (exact) mass is 353 g/mol. The summed E-state index contributed by atoms with van der Waals surface area (Å²) in [5.41, 5.74) is 0. The van der Waals surface area contributed by atoms with E-state index in [9.17, 15) is 4.79 Å². The molecular formula is C23H47NO. The number of carbonyl (C=O) groups is 1. The van der Waals surface area contributed by atoms with Crippen LogP contribution in [0.25, 0.3) is 0 Å². The quantitative estimate of drug-likeness (QED) is 0.220. The zero-order chi connectivity index (χ0) is 18.6. The summed E-state index contributed by atoms with van der Waals surface area (Å²) in [6.45, 7) is 2.29. The van der Waals surface area contributed by atoms with E-state index in [1.54, 1.807) is 4.90 Å². The molecule has 2 nitrogen and oxygen atoms in total. The largest absolute Gasteiger partial charge is 0.349 e. The molecular weight excluding hydrogens is 306 g/mol. The van der Waals surface area contributed by atoms with Crippen molar-refractivity contribution in [2.45, 2.75) is 129 Å². The highest BCUT2D eigenvalue weighted by Crippen LogP contribution is 2.14. The Hall–Kier alpha value is -0.530. The lowest BCUT2D eigenvalue weighted by molar-refractivity contribution is -0.128. The fourth-order valence-electron chi connectivity index (χ4n) is 3.40. The molecule has 0 atom stereocenters. The minimum atomic E-state index is 0.275. The van der Waals surface area contributed by atoms with Crippen LogP contribution >= 0.6 is 0 Å². The molecule has 0 saturated carbocycles. The highest BCUT2D eigenvalue weighted by molar-refractivity contribution is 5.75. The first-order valence-corrected chi connectivity index (χ1v) is 11.4. The SMILES string of the molecule is CCCCCCCCCCCCCCCCCCCCC(=O)N(C)C. The van der Waals surface area contributed by atoms with Gasteiger partial charge in [-0.15, -0.1) is 0 Å². The second-order valence-corrected chi connectivity index (χ2v) is 8.05. The van der Waals surface area contributed by atoms with Crippen molar-refractivity contribution < 1.29 is 4.79 Å². The predicted molar refractivity (Wildman–Crippen MR) is 112 cm³/mol. The van der Waals surface area contributed by atoms with Crippen molar-refractivity contribution in [1.29, 1.82) is 0 Å². The van der Waals surface area contributed by atoms with Crippen molar-refractivity contribution in [2.75, 3.05) is 14.1 Å². The molecule has 0 heterocycles. The van der Waals surface area contributed by atoms with Gasteiger partial charge in [-0.1, -0.05) is 116 Å². The number of rotatable bonds is 19. The van der Waals surface area contributed by atoms with Crippen LogP contribution in [0, 0.1) is 0 Å². The van der Waals surface area contributed by atoms with Crippen LogP contribution in [0.1, 0.15) is 129 Å². The van der Waals surface area contributed by atoms with Gasteiger partial charge in [0.15, 0.2) is 0 Å². The van der Waals surface area contributed by atoms with Gasteiger partial charge in [0.1, 0.15) is 0 Å². The maximum Gasteiger partial charge on any atom is 0.222 e. The van der Waals surface area contributed by atoms with Crippen LogP contribution in [0.4, 0.5) is 0 Å². The zero-order valence-corrected chi connectivity index (χ0v) is 17.8. The normalized spacial score (nSPS) is 11.0. The van der Waals surface area contributed by atoms with Gasteiger partial charge >= 0.3 is 0 Å². The zero-order valence-electron chi connectivity index (χ0n) is 17.8. The van der Waals surface area contributed by atoms with Crippen LogP contribution in [-0.4, -0.2) is 24.9 Å². The summed E-state index contributed by atoms with van der Waals surface area (Å²) in [5.74, 6) is 0.275. The molecule has 0 aromatic rings. The van der Waals surface area contributed by atoms with Crippen LogP contribution < -0.4 is 0 Å². The van der Waals surface area contributed by atoms with Gasteiger partial charge in [-0.25, -0.2) is 0 Å². The summed E-state index contributed by atoms with van der Waals surface area (Å²) in [5, 5.41) is 0. The van der Waals surface area contributed by atoms with Crippen molar-refractivity contribution in [3.63, 3.8) is 0 Å². The van der Waals surface area contributed by atoms with Crippen molar-refractivity contribution in [3.8, 4) is 0 Å². The fourth-order valence-corrected chi connectivity index (χ4v) is 3.40. The molecule has 0 spiro atoms. The Morgan fingerprint density at radius 1 is 0.520 bits per heavy atom. The van der Waals surface area contributed by atoms with Crippen molar-refractivity contribution in [3.05, 3.63) is 0 Å². The van der Waals surface area contributed by atoms with E-state index in [0.29, 0.717) is 0 Å². The molecule has 0 aliphatic heterocycles. The Kier molecular flexibility index (Phi) is 19.4. The van der Waals surface area contributed by atoms with Crippen molar-refractivity contribution >= 4 is 5.91 Å². The first-order chi connectivity index (χ1) is 12.2. The van der Waals surface area contributed by atoms with Gasteiger partial charge in [0, 0.05) is 20.5 Å². The summed E-state index contributed by atoms with van der Waals surface area (Å²) in [7, 11) is 3.69. The summed E-state index contributed by atoms with van der Waals surface area (Å²) in [4.78, 5) is 13.1. The molecule has 25 heavy (non-hydrogen) atoms. The first kappa shape index (κ1) is 24.5. The van der Waals surface area contributed by atoms with Gasteiger partial charge in [0.05, 0.1) is 0 Å². The summed E-state index contributed by atoms with van der Waals surface area (Å²) < 4.78 is 0. The highest BCUT2D eigenvalue weighted by Gasteiger charge is 2.02. The lowest BCUT2D eigenvalue weighted by atomic mass is 10.0. The molecule has 1 amide bonds. The third-order valence-corrected chi connectivity index (χ3v) is 5.24.